The number of carboxylic acid groups (broad SMARTS) is 1. The molecule has 0 atom stereocenters. The molecule has 6 nitrogen and oxygen atoms in total. The van der Waals surface area contributed by atoms with Gasteiger partial charge in [0.15, 0.2) is 11.5 Å². The maximum absolute atomic E-state index is 11.3. The number of carbonyl (C=O) groups excluding carboxylic acids is 1. The van der Waals surface area contributed by atoms with Gasteiger partial charge in [-0.05, 0) is 64.4 Å². The summed E-state index contributed by atoms with van der Waals surface area (Å²) in [5.74, 6) is -0.619. The molecule has 0 radical (unpaired) electrons. The van der Waals surface area contributed by atoms with E-state index in [0.717, 1.165) is 14.7 Å². The van der Waals surface area contributed by atoms with E-state index in [1.807, 2.05) is 31.2 Å². The Morgan fingerprint density at radius 2 is 1.96 bits per heavy atom. The van der Waals surface area contributed by atoms with Crippen LogP contribution in [0.1, 0.15) is 23.6 Å². The first-order valence-electron chi connectivity index (χ1n) is 8.09. The van der Waals surface area contributed by atoms with Crippen LogP contribution >= 0.6 is 22.6 Å². The number of carboxylic acids is 1. The van der Waals surface area contributed by atoms with Gasteiger partial charge in [0.25, 0.3) is 0 Å². The standard InChI is InChI=1S/C20H20INO5/c1-12-6-4-5-7-15(12)11-27-19-16(21)8-14(10-18(19)26-3)9-17(20(24)25)22-13(2)23/h4-10H,11H2,1-3H3,(H,22,23)(H,24,25)/b17-9+. The normalized spacial score (nSPS) is 11.0. The summed E-state index contributed by atoms with van der Waals surface area (Å²) < 4.78 is 12.1. The average Bonchev–Trinajstić information content (AvgIpc) is 2.60. The van der Waals surface area contributed by atoms with Gasteiger partial charge in [-0.1, -0.05) is 24.3 Å². The highest BCUT2D eigenvalue weighted by Gasteiger charge is 2.14. The first-order valence-corrected chi connectivity index (χ1v) is 9.17. The van der Waals surface area contributed by atoms with Crippen LogP contribution in [-0.2, 0) is 16.2 Å². The molecule has 27 heavy (non-hydrogen) atoms. The zero-order valence-corrected chi connectivity index (χ0v) is 17.4. The molecule has 0 aliphatic carbocycles. The number of benzene rings is 2. The van der Waals surface area contributed by atoms with Crippen LogP contribution in [0.5, 0.6) is 11.5 Å². The molecule has 2 aromatic carbocycles. The van der Waals surface area contributed by atoms with Gasteiger partial charge in [0.05, 0.1) is 10.7 Å². The Morgan fingerprint density at radius 1 is 1.26 bits per heavy atom. The second kappa shape index (κ2) is 9.40. The molecule has 0 fully saturated rings. The Hall–Kier alpha value is -2.55. The molecule has 0 bridgehead atoms. The van der Waals surface area contributed by atoms with Crippen LogP contribution in [-0.4, -0.2) is 24.1 Å². The topological polar surface area (TPSA) is 84.9 Å². The quantitative estimate of drug-likeness (QED) is 0.465. The van der Waals surface area contributed by atoms with E-state index < -0.39 is 11.9 Å². The molecular formula is C20H20INO5. The summed E-state index contributed by atoms with van der Waals surface area (Å²) in [6.07, 6.45) is 1.37. The number of hydrogen-bond acceptors (Lipinski definition) is 4. The van der Waals surface area contributed by atoms with E-state index >= 15 is 0 Å². The Labute approximate surface area is 171 Å². The van der Waals surface area contributed by atoms with Gasteiger partial charge in [0.2, 0.25) is 5.91 Å². The lowest BCUT2D eigenvalue weighted by Crippen LogP contribution is -2.24. The molecule has 0 saturated carbocycles. The number of rotatable bonds is 7. The smallest absolute Gasteiger partial charge is 0.352 e. The molecule has 0 spiro atoms. The third-order valence-electron chi connectivity index (χ3n) is 3.74. The number of carbonyl (C=O) groups is 2. The number of aliphatic carboxylic acids is 1. The summed E-state index contributed by atoms with van der Waals surface area (Å²) in [5, 5.41) is 11.5. The van der Waals surface area contributed by atoms with Crippen LogP contribution in [0.4, 0.5) is 0 Å². The molecular weight excluding hydrogens is 461 g/mol. The number of nitrogens with one attached hydrogen (secondary N) is 1. The van der Waals surface area contributed by atoms with Gasteiger partial charge in [0, 0.05) is 6.92 Å². The van der Waals surface area contributed by atoms with Crippen molar-refractivity contribution >= 4 is 40.5 Å². The van der Waals surface area contributed by atoms with Crippen molar-refractivity contribution in [2.45, 2.75) is 20.5 Å². The minimum absolute atomic E-state index is 0.214. The van der Waals surface area contributed by atoms with E-state index in [2.05, 4.69) is 27.9 Å². The van der Waals surface area contributed by atoms with E-state index in [1.54, 1.807) is 12.1 Å². The van der Waals surface area contributed by atoms with Crippen LogP contribution in [0.2, 0.25) is 0 Å². The number of hydrogen-bond donors (Lipinski definition) is 2. The first kappa shape index (κ1) is 20.8. The fraction of sp³-hybridized carbons (Fsp3) is 0.200. The highest BCUT2D eigenvalue weighted by Crippen LogP contribution is 2.35. The van der Waals surface area contributed by atoms with Crippen LogP contribution in [0, 0.1) is 10.5 Å². The Morgan fingerprint density at radius 3 is 2.56 bits per heavy atom. The van der Waals surface area contributed by atoms with E-state index in [1.165, 1.54) is 20.1 Å². The minimum atomic E-state index is -1.22. The molecule has 0 aliphatic heterocycles. The summed E-state index contributed by atoms with van der Waals surface area (Å²) in [4.78, 5) is 22.5. The van der Waals surface area contributed by atoms with E-state index in [9.17, 15) is 14.7 Å². The molecule has 0 unspecified atom stereocenters. The zero-order valence-electron chi connectivity index (χ0n) is 15.2. The van der Waals surface area contributed by atoms with Gasteiger partial charge in [0.1, 0.15) is 12.3 Å². The molecule has 0 heterocycles. The van der Waals surface area contributed by atoms with Crippen molar-refractivity contribution in [2.24, 2.45) is 0 Å². The van der Waals surface area contributed by atoms with Gasteiger partial charge in [-0.2, -0.15) is 0 Å². The number of ether oxygens (including phenoxy) is 2. The van der Waals surface area contributed by atoms with Crippen LogP contribution < -0.4 is 14.8 Å². The summed E-state index contributed by atoms with van der Waals surface area (Å²) in [5.41, 5.74) is 2.56. The lowest BCUT2D eigenvalue weighted by atomic mass is 10.1. The lowest BCUT2D eigenvalue weighted by molar-refractivity contribution is -0.134. The second-order valence-electron chi connectivity index (χ2n) is 5.79. The van der Waals surface area contributed by atoms with Gasteiger partial charge < -0.3 is 19.9 Å². The molecule has 7 heteroatoms. The fourth-order valence-electron chi connectivity index (χ4n) is 2.39. The summed E-state index contributed by atoms with van der Waals surface area (Å²) >= 11 is 2.11. The van der Waals surface area contributed by atoms with E-state index in [0.29, 0.717) is 23.7 Å². The number of halogens is 1. The third kappa shape index (κ3) is 5.72. The molecule has 1 amide bonds. The average molecular weight is 481 g/mol. The maximum Gasteiger partial charge on any atom is 0.352 e. The molecule has 2 aromatic rings. The fourth-order valence-corrected chi connectivity index (χ4v) is 3.17. The number of amides is 1. The second-order valence-corrected chi connectivity index (χ2v) is 6.96. The van der Waals surface area contributed by atoms with E-state index in [4.69, 9.17) is 9.47 Å². The molecule has 142 valence electrons. The molecule has 0 saturated heterocycles. The molecule has 2 rings (SSSR count). The van der Waals surface area contributed by atoms with Crippen molar-refractivity contribution in [3.63, 3.8) is 0 Å². The predicted octanol–water partition coefficient (Wildman–Crippen LogP) is 3.75. The van der Waals surface area contributed by atoms with Crippen molar-refractivity contribution in [3.05, 3.63) is 62.4 Å². The van der Waals surface area contributed by atoms with Gasteiger partial charge >= 0.3 is 5.97 Å². The largest absolute Gasteiger partial charge is 0.493 e. The van der Waals surface area contributed by atoms with Crippen molar-refractivity contribution in [3.8, 4) is 11.5 Å². The Balaban J connectivity index is 2.32. The van der Waals surface area contributed by atoms with E-state index in [-0.39, 0.29) is 5.70 Å². The summed E-state index contributed by atoms with van der Waals surface area (Å²) in [6, 6.07) is 11.4. The van der Waals surface area contributed by atoms with Crippen LogP contribution in [0.3, 0.4) is 0 Å². The first-order chi connectivity index (χ1) is 12.8. The molecule has 0 aliphatic rings. The Bertz CT molecular complexity index is 892. The van der Waals surface area contributed by atoms with Crippen molar-refractivity contribution in [2.75, 3.05) is 7.11 Å². The summed E-state index contributed by atoms with van der Waals surface area (Å²) in [7, 11) is 1.52. The maximum atomic E-state index is 11.3. The zero-order chi connectivity index (χ0) is 20.0. The van der Waals surface area contributed by atoms with Crippen LogP contribution in [0.25, 0.3) is 6.08 Å². The van der Waals surface area contributed by atoms with Crippen molar-refractivity contribution in [1.29, 1.82) is 0 Å². The van der Waals surface area contributed by atoms with Crippen molar-refractivity contribution in [1.82, 2.24) is 5.32 Å². The molecule has 2 N–H and O–H groups in total. The van der Waals surface area contributed by atoms with Gasteiger partial charge in [-0.3, -0.25) is 4.79 Å². The minimum Gasteiger partial charge on any atom is -0.493 e. The highest BCUT2D eigenvalue weighted by molar-refractivity contribution is 14.1. The number of aryl methyl sites for hydroxylation is 1. The number of methoxy groups -OCH3 is 1. The van der Waals surface area contributed by atoms with Crippen LogP contribution in [0.15, 0.2) is 42.1 Å². The van der Waals surface area contributed by atoms with Crippen molar-refractivity contribution < 1.29 is 24.2 Å². The monoisotopic (exact) mass is 481 g/mol. The Kier molecular flexibility index (Phi) is 7.23. The molecule has 0 aromatic heterocycles. The van der Waals surface area contributed by atoms with Gasteiger partial charge in [-0.15, -0.1) is 0 Å². The predicted molar refractivity (Wildman–Crippen MR) is 111 cm³/mol. The lowest BCUT2D eigenvalue weighted by Gasteiger charge is -2.15. The highest BCUT2D eigenvalue weighted by atomic mass is 127. The SMILES string of the molecule is COc1cc(/C=C(/NC(C)=O)C(=O)O)cc(I)c1OCc1ccccc1C. The van der Waals surface area contributed by atoms with Gasteiger partial charge in [-0.25, -0.2) is 4.79 Å². The summed E-state index contributed by atoms with van der Waals surface area (Å²) in [6.45, 7) is 3.66. The third-order valence-corrected chi connectivity index (χ3v) is 4.54.